The first-order chi connectivity index (χ1) is 8.34. The zero-order valence-electron chi connectivity index (χ0n) is 9.45. The van der Waals surface area contributed by atoms with Gasteiger partial charge >= 0.3 is 0 Å². The van der Waals surface area contributed by atoms with E-state index in [2.05, 4.69) is 53.7 Å². The first-order valence-electron chi connectivity index (χ1n) is 5.72. The van der Waals surface area contributed by atoms with Crippen molar-refractivity contribution in [1.82, 2.24) is 4.98 Å². The predicted octanol–water partition coefficient (Wildman–Crippen LogP) is 4.84. The third kappa shape index (κ3) is 1.13. The van der Waals surface area contributed by atoms with Gasteiger partial charge in [-0.1, -0.05) is 18.2 Å². The van der Waals surface area contributed by atoms with E-state index >= 15 is 0 Å². The van der Waals surface area contributed by atoms with Gasteiger partial charge in [0.15, 0.2) is 0 Å². The lowest BCUT2D eigenvalue weighted by Gasteiger charge is -1.98. The fraction of sp³-hybridized carbons (Fsp3) is 0.0667. The lowest BCUT2D eigenvalue weighted by molar-refractivity contribution is 1.55. The van der Waals surface area contributed by atoms with Gasteiger partial charge in [0.05, 0.1) is 5.52 Å². The number of hydrogen-bond donors (Lipinski definition) is 1. The molecule has 1 nitrogen and oxygen atoms in total. The topological polar surface area (TPSA) is 15.8 Å². The minimum Gasteiger partial charge on any atom is -0.354 e. The van der Waals surface area contributed by atoms with E-state index in [0.29, 0.717) is 0 Å². The van der Waals surface area contributed by atoms with Gasteiger partial charge in [-0.05, 0) is 36.1 Å². The standard InChI is InChI=1S/C15H11NS/c1-9-8-12-10-4-2-3-5-13(10)16-14(12)11-6-7-17-15(9)11/h2-8,16H,1H3. The van der Waals surface area contributed by atoms with Crippen LogP contribution in [0.4, 0.5) is 0 Å². The van der Waals surface area contributed by atoms with Crippen molar-refractivity contribution in [2.24, 2.45) is 0 Å². The van der Waals surface area contributed by atoms with E-state index in [9.17, 15) is 0 Å². The number of para-hydroxylation sites is 1. The van der Waals surface area contributed by atoms with Crippen molar-refractivity contribution >= 4 is 43.2 Å². The highest BCUT2D eigenvalue weighted by molar-refractivity contribution is 7.17. The normalized spacial score (nSPS) is 11.8. The summed E-state index contributed by atoms with van der Waals surface area (Å²) in [6.45, 7) is 2.19. The van der Waals surface area contributed by atoms with Crippen molar-refractivity contribution in [2.75, 3.05) is 0 Å². The molecule has 4 rings (SSSR count). The average Bonchev–Trinajstić information content (AvgIpc) is 2.93. The maximum atomic E-state index is 3.54. The molecule has 0 saturated heterocycles. The summed E-state index contributed by atoms with van der Waals surface area (Å²) >= 11 is 1.82. The van der Waals surface area contributed by atoms with Crippen LogP contribution in [0.25, 0.3) is 31.9 Å². The summed E-state index contributed by atoms with van der Waals surface area (Å²) in [4.78, 5) is 3.54. The first-order valence-corrected chi connectivity index (χ1v) is 6.60. The number of aromatic nitrogens is 1. The van der Waals surface area contributed by atoms with E-state index in [1.807, 2.05) is 11.3 Å². The van der Waals surface area contributed by atoms with Crippen LogP contribution in [0.3, 0.4) is 0 Å². The van der Waals surface area contributed by atoms with E-state index < -0.39 is 0 Å². The van der Waals surface area contributed by atoms with Gasteiger partial charge in [0.2, 0.25) is 0 Å². The molecule has 0 saturated carbocycles. The third-order valence-corrected chi connectivity index (χ3v) is 4.45. The molecule has 2 aromatic carbocycles. The molecule has 4 aromatic rings. The molecule has 17 heavy (non-hydrogen) atoms. The second-order valence-corrected chi connectivity index (χ2v) is 5.37. The molecular formula is C15H11NS. The van der Waals surface area contributed by atoms with Crippen LogP contribution in [0, 0.1) is 6.92 Å². The minimum absolute atomic E-state index is 1.22. The van der Waals surface area contributed by atoms with Gasteiger partial charge in [-0.15, -0.1) is 11.3 Å². The van der Waals surface area contributed by atoms with Crippen LogP contribution in [0.5, 0.6) is 0 Å². The van der Waals surface area contributed by atoms with Crippen LogP contribution >= 0.6 is 11.3 Å². The number of aromatic amines is 1. The second kappa shape index (κ2) is 3.11. The highest BCUT2D eigenvalue weighted by Crippen LogP contribution is 2.35. The summed E-state index contributed by atoms with van der Waals surface area (Å²) < 4.78 is 1.39. The minimum atomic E-state index is 1.22. The van der Waals surface area contributed by atoms with E-state index in [1.165, 1.54) is 37.5 Å². The van der Waals surface area contributed by atoms with Crippen LogP contribution in [-0.2, 0) is 0 Å². The molecule has 2 aromatic heterocycles. The van der Waals surface area contributed by atoms with Crippen molar-refractivity contribution in [3.8, 4) is 0 Å². The number of nitrogens with one attached hydrogen (secondary N) is 1. The molecule has 2 heteroatoms. The molecule has 0 aliphatic carbocycles. The Bertz CT molecular complexity index is 851. The Morgan fingerprint density at radius 1 is 1.00 bits per heavy atom. The Morgan fingerprint density at radius 3 is 2.82 bits per heavy atom. The van der Waals surface area contributed by atoms with Crippen molar-refractivity contribution in [2.45, 2.75) is 6.92 Å². The number of rotatable bonds is 0. The highest BCUT2D eigenvalue weighted by atomic mass is 32.1. The van der Waals surface area contributed by atoms with Crippen molar-refractivity contribution in [3.05, 3.63) is 47.3 Å². The molecular weight excluding hydrogens is 226 g/mol. The average molecular weight is 237 g/mol. The molecule has 2 heterocycles. The van der Waals surface area contributed by atoms with Crippen LogP contribution in [-0.4, -0.2) is 4.98 Å². The van der Waals surface area contributed by atoms with Gasteiger partial charge in [-0.3, -0.25) is 0 Å². The van der Waals surface area contributed by atoms with Crippen LogP contribution in [0.15, 0.2) is 41.8 Å². The van der Waals surface area contributed by atoms with Crippen molar-refractivity contribution in [1.29, 1.82) is 0 Å². The van der Waals surface area contributed by atoms with Gasteiger partial charge in [0.25, 0.3) is 0 Å². The van der Waals surface area contributed by atoms with Crippen molar-refractivity contribution < 1.29 is 0 Å². The Hall–Kier alpha value is -1.80. The zero-order valence-corrected chi connectivity index (χ0v) is 10.3. The van der Waals surface area contributed by atoms with Gasteiger partial charge < -0.3 is 4.98 Å². The van der Waals surface area contributed by atoms with Gasteiger partial charge in [0, 0.05) is 26.4 Å². The Balaban J connectivity index is 2.39. The monoisotopic (exact) mass is 237 g/mol. The molecule has 82 valence electrons. The van der Waals surface area contributed by atoms with Crippen LogP contribution in [0.1, 0.15) is 5.56 Å². The molecule has 0 aliphatic rings. The predicted molar refractivity (Wildman–Crippen MR) is 75.9 cm³/mol. The molecule has 0 atom stereocenters. The maximum Gasteiger partial charge on any atom is 0.0553 e. The van der Waals surface area contributed by atoms with Crippen LogP contribution in [0.2, 0.25) is 0 Å². The Kier molecular flexibility index (Phi) is 1.69. The second-order valence-electron chi connectivity index (χ2n) is 4.45. The molecule has 0 unspecified atom stereocenters. The summed E-state index contributed by atoms with van der Waals surface area (Å²) in [5, 5.41) is 6.17. The molecule has 0 aliphatic heterocycles. The third-order valence-electron chi connectivity index (χ3n) is 3.40. The summed E-state index contributed by atoms with van der Waals surface area (Å²) in [5.74, 6) is 0. The number of aryl methyl sites for hydroxylation is 1. The molecule has 0 fully saturated rings. The fourth-order valence-corrected chi connectivity index (χ4v) is 3.50. The van der Waals surface area contributed by atoms with Gasteiger partial charge in [-0.25, -0.2) is 0 Å². The summed E-state index contributed by atoms with van der Waals surface area (Å²) in [6.07, 6.45) is 0. The molecule has 1 N–H and O–H groups in total. The lowest BCUT2D eigenvalue weighted by Crippen LogP contribution is -1.74. The highest BCUT2D eigenvalue weighted by Gasteiger charge is 2.09. The van der Waals surface area contributed by atoms with E-state index in [0.717, 1.165) is 0 Å². The summed E-state index contributed by atoms with van der Waals surface area (Å²) in [6, 6.07) is 13.0. The van der Waals surface area contributed by atoms with Gasteiger partial charge in [-0.2, -0.15) is 0 Å². The number of thiophene rings is 1. The maximum absolute atomic E-state index is 3.54. The number of H-pyrrole nitrogens is 1. The largest absolute Gasteiger partial charge is 0.354 e. The fourth-order valence-electron chi connectivity index (χ4n) is 2.62. The van der Waals surface area contributed by atoms with E-state index in [-0.39, 0.29) is 0 Å². The van der Waals surface area contributed by atoms with Gasteiger partial charge in [0.1, 0.15) is 0 Å². The number of hydrogen-bond acceptors (Lipinski definition) is 1. The molecule has 0 amide bonds. The number of benzene rings is 2. The Morgan fingerprint density at radius 2 is 1.88 bits per heavy atom. The van der Waals surface area contributed by atoms with E-state index in [1.54, 1.807) is 0 Å². The molecule has 0 spiro atoms. The lowest BCUT2D eigenvalue weighted by atomic mass is 10.1. The molecule has 0 bridgehead atoms. The molecule has 0 radical (unpaired) electrons. The number of fused-ring (bicyclic) bond motifs is 5. The van der Waals surface area contributed by atoms with E-state index in [4.69, 9.17) is 0 Å². The smallest absolute Gasteiger partial charge is 0.0553 e. The van der Waals surface area contributed by atoms with Crippen LogP contribution < -0.4 is 0 Å². The zero-order chi connectivity index (χ0) is 11.4. The Labute approximate surface area is 103 Å². The van der Waals surface area contributed by atoms with Crippen molar-refractivity contribution in [3.63, 3.8) is 0 Å². The SMILES string of the molecule is Cc1cc2c3ccccc3[nH]c2c2ccsc12. The quantitative estimate of drug-likeness (QED) is 0.450. The summed E-state index contributed by atoms with van der Waals surface area (Å²) in [7, 11) is 0. The first kappa shape index (κ1) is 9.25. The summed E-state index contributed by atoms with van der Waals surface area (Å²) in [5.41, 5.74) is 3.86.